The van der Waals surface area contributed by atoms with Crippen molar-refractivity contribution >= 4 is 105 Å². The highest BCUT2D eigenvalue weighted by molar-refractivity contribution is 6.13. The average molecular weight is 985 g/mol. The second kappa shape index (κ2) is 19.5. The van der Waals surface area contributed by atoms with E-state index in [0.29, 0.717) is 0 Å². The molecule has 0 amide bonds. The Morgan fingerprint density at radius 1 is 0.263 bits per heavy atom. The number of hydrogen-bond donors (Lipinski definition) is 0. The molecule has 366 valence electrons. The number of benzene rings is 12. The first-order chi connectivity index (χ1) is 37.5. The normalized spacial score (nSPS) is 11.4. The molecule has 1 heterocycles. The molecule has 0 N–H and O–H groups in total. The number of nitrogens with zero attached hydrogens (tertiary/aromatic N) is 4. The van der Waals surface area contributed by atoms with Gasteiger partial charge in [0.25, 0.3) is 0 Å². The third kappa shape index (κ3) is 8.21. The molecule has 0 saturated heterocycles. The summed E-state index contributed by atoms with van der Waals surface area (Å²) in [6, 6.07) is 92.9. The molecule has 7 nitrogen and oxygen atoms in total. The number of anilines is 9. The lowest BCUT2D eigenvalue weighted by molar-refractivity contribution is 0.415. The van der Waals surface area contributed by atoms with Gasteiger partial charge in [-0.15, -0.1) is 0 Å². The molecule has 0 unspecified atom stereocenters. The minimum absolute atomic E-state index is 0.783. The number of ether oxygens (including phenoxy) is 3. The zero-order valence-corrected chi connectivity index (χ0v) is 42.3. The van der Waals surface area contributed by atoms with Gasteiger partial charge in [0.2, 0.25) is 0 Å². The van der Waals surface area contributed by atoms with Crippen LogP contribution in [0.5, 0.6) is 17.2 Å². The number of fused-ring (bicyclic) bond motifs is 6. The van der Waals surface area contributed by atoms with Gasteiger partial charge < -0.3 is 33.5 Å². The zero-order valence-electron chi connectivity index (χ0n) is 42.3. The summed E-state index contributed by atoms with van der Waals surface area (Å²) in [4.78, 5) is 7.00. The Hall–Kier alpha value is -9.98. The highest BCUT2D eigenvalue weighted by Gasteiger charge is 2.23. The van der Waals surface area contributed by atoms with Crippen molar-refractivity contribution in [2.24, 2.45) is 0 Å². The minimum Gasteiger partial charge on any atom is -0.497 e. The van der Waals surface area contributed by atoms with Crippen LogP contribution >= 0.6 is 0 Å². The maximum absolute atomic E-state index is 5.84. The van der Waals surface area contributed by atoms with Gasteiger partial charge in [0.1, 0.15) is 17.2 Å². The van der Waals surface area contributed by atoms with Crippen LogP contribution in [-0.4, -0.2) is 25.9 Å². The van der Waals surface area contributed by atoms with Crippen LogP contribution in [0.3, 0.4) is 0 Å². The van der Waals surface area contributed by atoms with Gasteiger partial charge in [-0.25, -0.2) is 0 Å². The SMILES string of the molecule is COc1cccc(N(c2ccc(-n3c4ccc(N(c5cccc(OC)c5)c5cccc6ccccc56)cc4c4cc(N(c5cccc(OC)c5)c5cccc6ccccc56)ccc43)cc2)c2ccc3ccccc3c2)c1. The molecule has 76 heavy (non-hydrogen) atoms. The van der Waals surface area contributed by atoms with E-state index in [1.54, 1.807) is 21.3 Å². The minimum atomic E-state index is 0.783. The predicted octanol–water partition coefficient (Wildman–Crippen LogP) is 18.7. The first-order valence-electron chi connectivity index (χ1n) is 25.5. The van der Waals surface area contributed by atoms with Crippen LogP contribution in [0, 0.1) is 0 Å². The van der Waals surface area contributed by atoms with Gasteiger partial charge in [0, 0.05) is 85.2 Å². The van der Waals surface area contributed by atoms with Gasteiger partial charge in [0.15, 0.2) is 0 Å². The molecule has 13 aromatic rings. The second-order valence-electron chi connectivity index (χ2n) is 18.9. The lowest BCUT2D eigenvalue weighted by Crippen LogP contribution is -2.11. The Bertz CT molecular complexity index is 4100. The molecule has 0 fully saturated rings. The van der Waals surface area contributed by atoms with Crippen LogP contribution in [-0.2, 0) is 0 Å². The molecule has 0 aliphatic heterocycles. The smallest absolute Gasteiger partial charge is 0.120 e. The van der Waals surface area contributed by atoms with Crippen molar-refractivity contribution < 1.29 is 14.2 Å². The van der Waals surface area contributed by atoms with Crippen molar-refractivity contribution in [3.63, 3.8) is 0 Å². The van der Waals surface area contributed by atoms with E-state index in [9.17, 15) is 0 Å². The van der Waals surface area contributed by atoms with Crippen molar-refractivity contribution in [1.82, 2.24) is 4.57 Å². The van der Waals surface area contributed by atoms with Crippen LogP contribution < -0.4 is 28.9 Å². The summed E-state index contributed by atoms with van der Waals surface area (Å²) < 4.78 is 19.8. The lowest BCUT2D eigenvalue weighted by Gasteiger charge is -2.27. The maximum Gasteiger partial charge on any atom is 0.120 e. The number of methoxy groups -OCH3 is 3. The van der Waals surface area contributed by atoms with Gasteiger partial charge in [0.05, 0.1) is 43.7 Å². The molecule has 13 rings (SSSR count). The van der Waals surface area contributed by atoms with Gasteiger partial charge in [-0.05, 0) is 143 Å². The molecule has 0 radical (unpaired) electrons. The first-order valence-corrected chi connectivity index (χ1v) is 25.5. The van der Waals surface area contributed by atoms with E-state index in [4.69, 9.17) is 14.2 Å². The summed E-state index contributed by atoms with van der Waals surface area (Å²) in [5.74, 6) is 2.36. The summed E-state index contributed by atoms with van der Waals surface area (Å²) in [6.07, 6.45) is 0. The van der Waals surface area contributed by atoms with E-state index in [2.05, 4.69) is 256 Å². The van der Waals surface area contributed by atoms with E-state index in [-0.39, 0.29) is 0 Å². The third-order valence-corrected chi connectivity index (χ3v) is 14.6. The highest BCUT2D eigenvalue weighted by atomic mass is 16.5. The topological polar surface area (TPSA) is 42.3 Å². The van der Waals surface area contributed by atoms with E-state index in [0.717, 1.165) is 117 Å². The molecular formula is C69H52N4O3. The molecular weight excluding hydrogens is 933 g/mol. The van der Waals surface area contributed by atoms with E-state index in [1.807, 2.05) is 24.3 Å². The van der Waals surface area contributed by atoms with E-state index < -0.39 is 0 Å². The van der Waals surface area contributed by atoms with Crippen LogP contribution in [0.4, 0.5) is 51.2 Å². The lowest BCUT2D eigenvalue weighted by atomic mass is 10.0. The molecule has 1 aromatic heterocycles. The number of hydrogen-bond acceptors (Lipinski definition) is 6. The number of rotatable bonds is 13. The summed E-state index contributed by atoms with van der Waals surface area (Å²) >= 11 is 0. The summed E-state index contributed by atoms with van der Waals surface area (Å²) in [7, 11) is 5.16. The van der Waals surface area contributed by atoms with Gasteiger partial charge in [-0.2, -0.15) is 0 Å². The van der Waals surface area contributed by atoms with Crippen molar-refractivity contribution in [3.8, 4) is 22.9 Å². The number of aromatic nitrogens is 1. The fourth-order valence-corrected chi connectivity index (χ4v) is 11.0. The Morgan fingerprint density at radius 2 is 0.645 bits per heavy atom. The molecule has 0 bridgehead atoms. The average Bonchev–Trinajstić information content (AvgIpc) is 3.82. The van der Waals surface area contributed by atoms with Gasteiger partial charge in [-0.1, -0.05) is 121 Å². The molecule has 0 aliphatic rings. The quantitative estimate of drug-likeness (QED) is 0.115. The molecule has 0 atom stereocenters. The Morgan fingerprint density at radius 3 is 1.14 bits per heavy atom. The molecule has 0 aliphatic carbocycles. The van der Waals surface area contributed by atoms with Crippen molar-refractivity contribution in [2.45, 2.75) is 0 Å². The van der Waals surface area contributed by atoms with Gasteiger partial charge >= 0.3 is 0 Å². The van der Waals surface area contributed by atoms with E-state index in [1.165, 1.54) is 10.8 Å². The second-order valence-corrected chi connectivity index (χ2v) is 18.9. The van der Waals surface area contributed by atoms with Gasteiger partial charge in [-0.3, -0.25) is 0 Å². The summed E-state index contributed by atoms with van der Waals surface area (Å²) in [6.45, 7) is 0. The van der Waals surface area contributed by atoms with Crippen LogP contribution in [0.25, 0.3) is 59.8 Å². The first kappa shape index (κ1) is 45.9. The Labute approximate surface area is 441 Å². The molecule has 0 saturated carbocycles. The van der Waals surface area contributed by atoms with E-state index >= 15 is 0 Å². The van der Waals surface area contributed by atoms with Crippen LogP contribution in [0.1, 0.15) is 0 Å². The van der Waals surface area contributed by atoms with Crippen LogP contribution in [0.2, 0.25) is 0 Å². The van der Waals surface area contributed by atoms with Crippen molar-refractivity contribution in [2.75, 3.05) is 36.0 Å². The largest absolute Gasteiger partial charge is 0.497 e. The van der Waals surface area contributed by atoms with Crippen LogP contribution in [0.15, 0.2) is 261 Å². The Balaban J connectivity index is 1.04. The maximum atomic E-state index is 5.84. The fraction of sp³-hybridized carbons (Fsp3) is 0.0435. The Kier molecular flexibility index (Phi) is 11.7. The zero-order chi connectivity index (χ0) is 51.1. The fourth-order valence-electron chi connectivity index (χ4n) is 11.0. The predicted molar refractivity (Wildman–Crippen MR) is 317 cm³/mol. The van der Waals surface area contributed by atoms with Crippen molar-refractivity contribution in [3.05, 3.63) is 261 Å². The third-order valence-electron chi connectivity index (χ3n) is 14.6. The molecule has 7 heteroatoms. The van der Waals surface area contributed by atoms with Crippen molar-refractivity contribution in [1.29, 1.82) is 0 Å². The monoisotopic (exact) mass is 984 g/mol. The summed E-state index contributed by atoms with van der Waals surface area (Å²) in [5, 5.41) is 9.18. The standard InChI is InChI=1S/C69H52N4O3/c1-74-59-24-12-21-53(42-59)70(56-32-31-47-15-4-5-18-50(47)41-56)51-33-35-52(36-34-51)73-68-39-37-57(71(54-22-13-25-60(43-54)75-2)66-29-10-19-48-16-6-8-27-62(48)66)45-64(68)65-46-58(38-40-69(65)73)72(55-23-14-26-61(44-55)76-3)67-30-11-20-49-17-7-9-28-63(49)67/h4-46H,1-3H3. The molecule has 12 aromatic carbocycles. The highest BCUT2D eigenvalue weighted by Crippen LogP contribution is 2.47. The summed E-state index contributed by atoms with van der Waals surface area (Å²) in [5.41, 5.74) is 12.4. The molecule has 0 spiro atoms.